The largest absolute Gasteiger partial charge is 0.397 e. The molecule has 0 atom stereocenters. The Bertz CT molecular complexity index is 544. The summed E-state index contributed by atoms with van der Waals surface area (Å²) in [5, 5.41) is 11.8. The molecule has 0 aliphatic rings. The van der Waals surface area contributed by atoms with Crippen molar-refractivity contribution in [2.75, 3.05) is 6.61 Å². The van der Waals surface area contributed by atoms with Crippen LogP contribution in [0.15, 0.2) is 91.0 Å². The van der Waals surface area contributed by atoms with Crippen molar-refractivity contribution < 1.29 is 5.11 Å². The lowest BCUT2D eigenvalue weighted by Gasteiger charge is -2.18. The summed E-state index contributed by atoms with van der Waals surface area (Å²) in [5.74, 6) is 0. The average molecular weight is 308 g/mol. The smallest absolute Gasteiger partial charge is 0.0402 e. The van der Waals surface area contributed by atoms with Gasteiger partial charge >= 0.3 is 0 Å². The first-order valence-electron chi connectivity index (χ1n) is 7.43. The van der Waals surface area contributed by atoms with Gasteiger partial charge in [0.05, 0.1) is 0 Å². The van der Waals surface area contributed by atoms with Gasteiger partial charge in [-0.2, -0.15) is 0 Å². The number of hydrogen-bond acceptors (Lipinski definition) is 1. The summed E-state index contributed by atoms with van der Waals surface area (Å²) in [7, 11) is -0.446. The molecule has 112 valence electrons. The molecule has 1 nitrogen and oxygen atoms in total. The van der Waals surface area contributed by atoms with E-state index in [2.05, 4.69) is 91.0 Å². The Labute approximate surface area is 134 Å². The van der Waals surface area contributed by atoms with Gasteiger partial charge in [0.25, 0.3) is 0 Å². The third-order valence-electron chi connectivity index (χ3n) is 3.04. The van der Waals surface area contributed by atoms with Crippen LogP contribution in [0.2, 0.25) is 0 Å². The summed E-state index contributed by atoms with van der Waals surface area (Å²) in [4.78, 5) is 0. The number of aliphatic hydroxyl groups is 1. The van der Waals surface area contributed by atoms with Crippen molar-refractivity contribution in [3.05, 3.63) is 91.0 Å². The first-order valence-corrected chi connectivity index (χ1v) is 8.77. The molecule has 22 heavy (non-hydrogen) atoms. The zero-order valence-electron chi connectivity index (χ0n) is 12.8. The lowest BCUT2D eigenvalue weighted by atomic mass is 10.4. The Kier molecular flexibility index (Phi) is 6.83. The SMILES string of the molecule is CCO.c1ccc(P(c2ccccc2)c2ccccc2)cc1. The van der Waals surface area contributed by atoms with Gasteiger partial charge in [-0.05, 0) is 30.8 Å². The average Bonchev–Trinajstić information content (AvgIpc) is 2.59. The lowest BCUT2D eigenvalue weighted by molar-refractivity contribution is 0.318. The quantitative estimate of drug-likeness (QED) is 0.735. The standard InChI is InChI=1S/C18H15P.C2H6O/c1-4-10-16(11-5-1)19(17-12-6-2-7-13-17)18-14-8-3-9-15-18;1-2-3/h1-15H;3H,2H2,1H3. The van der Waals surface area contributed by atoms with Crippen LogP contribution in [0.1, 0.15) is 6.92 Å². The zero-order chi connectivity index (χ0) is 15.6. The van der Waals surface area contributed by atoms with E-state index in [0.29, 0.717) is 0 Å². The molecule has 0 aliphatic heterocycles. The topological polar surface area (TPSA) is 20.2 Å². The van der Waals surface area contributed by atoms with Crippen LogP contribution in [0.4, 0.5) is 0 Å². The van der Waals surface area contributed by atoms with E-state index in [1.807, 2.05) is 0 Å². The molecule has 0 aliphatic carbocycles. The minimum absolute atomic E-state index is 0.250. The van der Waals surface area contributed by atoms with Gasteiger partial charge in [0, 0.05) is 6.61 Å². The monoisotopic (exact) mass is 308 g/mol. The van der Waals surface area contributed by atoms with Crippen LogP contribution in [0.5, 0.6) is 0 Å². The van der Waals surface area contributed by atoms with Crippen molar-refractivity contribution in [1.29, 1.82) is 0 Å². The van der Waals surface area contributed by atoms with E-state index in [-0.39, 0.29) is 6.61 Å². The van der Waals surface area contributed by atoms with Crippen LogP contribution in [0, 0.1) is 0 Å². The summed E-state index contributed by atoms with van der Waals surface area (Å²) in [6, 6.07) is 32.3. The first-order chi connectivity index (χ1) is 10.9. The molecule has 2 heteroatoms. The molecular formula is C20H21OP. The number of hydrogen-bond donors (Lipinski definition) is 1. The molecule has 0 bridgehead atoms. The van der Waals surface area contributed by atoms with Crippen molar-refractivity contribution >= 4 is 23.8 Å². The molecule has 0 spiro atoms. The van der Waals surface area contributed by atoms with Gasteiger partial charge in [0.2, 0.25) is 0 Å². The molecule has 1 N–H and O–H groups in total. The zero-order valence-corrected chi connectivity index (χ0v) is 13.7. The molecular weight excluding hydrogens is 287 g/mol. The van der Waals surface area contributed by atoms with E-state index >= 15 is 0 Å². The molecule has 0 saturated heterocycles. The van der Waals surface area contributed by atoms with Crippen molar-refractivity contribution in [1.82, 2.24) is 0 Å². The molecule has 0 radical (unpaired) electrons. The van der Waals surface area contributed by atoms with E-state index in [4.69, 9.17) is 5.11 Å². The minimum Gasteiger partial charge on any atom is -0.397 e. The van der Waals surface area contributed by atoms with Gasteiger partial charge in [-0.25, -0.2) is 0 Å². The Morgan fingerprint density at radius 2 is 0.818 bits per heavy atom. The summed E-state index contributed by atoms with van der Waals surface area (Å²) >= 11 is 0. The van der Waals surface area contributed by atoms with Crippen LogP contribution >= 0.6 is 7.92 Å². The van der Waals surface area contributed by atoms with Crippen molar-refractivity contribution in [2.24, 2.45) is 0 Å². The second kappa shape index (κ2) is 9.15. The van der Waals surface area contributed by atoms with Gasteiger partial charge in [-0.1, -0.05) is 91.0 Å². The normalized spacial score (nSPS) is 9.95. The lowest BCUT2D eigenvalue weighted by Crippen LogP contribution is -2.20. The number of benzene rings is 3. The Hall–Kier alpha value is -1.95. The van der Waals surface area contributed by atoms with Crippen LogP contribution < -0.4 is 15.9 Å². The highest BCUT2D eigenvalue weighted by molar-refractivity contribution is 7.79. The van der Waals surface area contributed by atoms with Crippen LogP contribution in [-0.4, -0.2) is 11.7 Å². The van der Waals surface area contributed by atoms with Gasteiger partial charge in [0.15, 0.2) is 0 Å². The van der Waals surface area contributed by atoms with Crippen molar-refractivity contribution in [3.8, 4) is 0 Å². The third kappa shape index (κ3) is 4.53. The Morgan fingerprint density at radius 1 is 0.591 bits per heavy atom. The second-order valence-corrected chi connectivity index (χ2v) is 6.88. The number of rotatable bonds is 3. The summed E-state index contributed by atoms with van der Waals surface area (Å²) < 4.78 is 0. The highest BCUT2D eigenvalue weighted by Crippen LogP contribution is 2.32. The third-order valence-corrected chi connectivity index (χ3v) is 5.49. The Morgan fingerprint density at radius 3 is 1.05 bits per heavy atom. The van der Waals surface area contributed by atoms with Gasteiger partial charge < -0.3 is 5.11 Å². The molecule has 0 aromatic heterocycles. The molecule has 0 heterocycles. The fourth-order valence-electron chi connectivity index (χ4n) is 2.18. The van der Waals surface area contributed by atoms with Crippen LogP contribution in [-0.2, 0) is 0 Å². The van der Waals surface area contributed by atoms with E-state index in [0.717, 1.165) is 0 Å². The summed E-state index contributed by atoms with van der Waals surface area (Å²) in [5.41, 5.74) is 0. The van der Waals surface area contributed by atoms with Gasteiger partial charge in [0.1, 0.15) is 0 Å². The molecule has 0 amide bonds. The highest BCUT2D eigenvalue weighted by atomic mass is 31.1. The Balaban J connectivity index is 0.000000545. The molecule has 3 aromatic carbocycles. The van der Waals surface area contributed by atoms with E-state index in [1.165, 1.54) is 15.9 Å². The first kappa shape index (κ1) is 16.4. The maximum Gasteiger partial charge on any atom is 0.0402 e. The predicted molar refractivity (Wildman–Crippen MR) is 97.9 cm³/mol. The van der Waals surface area contributed by atoms with E-state index in [9.17, 15) is 0 Å². The predicted octanol–water partition coefficient (Wildman–Crippen LogP) is 3.44. The maximum atomic E-state index is 7.57. The van der Waals surface area contributed by atoms with Gasteiger partial charge in [-0.3, -0.25) is 0 Å². The van der Waals surface area contributed by atoms with Crippen LogP contribution in [0.3, 0.4) is 0 Å². The van der Waals surface area contributed by atoms with E-state index < -0.39 is 7.92 Å². The fraction of sp³-hybridized carbons (Fsp3) is 0.100. The van der Waals surface area contributed by atoms with Gasteiger partial charge in [-0.15, -0.1) is 0 Å². The number of aliphatic hydroxyl groups excluding tert-OH is 1. The van der Waals surface area contributed by atoms with Crippen molar-refractivity contribution in [2.45, 2.75) is 6.92 Å². The molecule has 0 unspecified atom stereocenters. The van der Waals surface area contributed by atoms with Crippen LogP contribution in [0.25, 0.3) is 0 Å². The second-order valence-electron chi connectivity index (χ2n) is 4.66. The van der Waals surface area contributed by atoms with E-state index in [1.54, 1.807) is 6.92 Å². The molecule has 3 rings (SSSR count). The maximum absolute atomic E-state index is 7.57. The molecule has 3 aromatic rings. The molecule has 0 fully saturated rings. The fourth-order valence-corrected chi connectivity index (χ4v) is 4.48. The summed E-state index contributed by atoms with van der Waals surface area (Å²) in [6.07, 6.45) is 0. The summed E-state index contributed by atoms with van der Waals surface area (Å²) in [6.45, 7) is 1.93. The van der Waals surface area contributed by atoms with Crippen molar-refractivity contribution in [3.63, 3.8) is 0 Å². The minimum atomic E-state index is -0.446. The molecule has 0 saturated carbocycles. The highest BCUT2D eigenvalue weighted by Gasteiger charge is 2.14.